The van der Waals surface area contributed by atoms with Gasteiger partial charge in [0, 0.05) is 0 Å². The second-order valence-corrected chi connectivity index (χ2v) is 4.23. The van der Waals surface area contributed by atoms with Gasteiger partial charge >= 0.3 is 51.4 Å². The fourth-order valence-electron chi connectivity index (χ4n) is 1.85. The fourth-order valence-corrected chi connectivity index (χ4v) is 2.07. The molecule has 2 rings (SSSR count). The molecule has 1 aliphatic heterocycles. The molecule has 1 fully saturated rings. The Balaban J connectivity index is 0.00000180. The smallest absolute Gasteiger partial charge is 0.497 e. The van der Waals surface area contributed by atoms with Crippen LogP contribution in [0.3, 0.4) is 0 Å². The zero-order valence-electron chi connectivity index (χ0n) is 10.6. The third-order valence-electron chi connectivity index (χ3n) is 2.73. The van der Waals surface area contributed by atoms with Crippen molar-refractivity contribution >= 4 is 23.2 Å². The van der Waals surface area contributed by atoms with E-state index in [0.29, 0.717) is 5.75 Å². The van der Waals surface area contributed by atoms with Crippen LogP contribution in [0.4, 0.5) is 0 Å². The fraction of sp³-hybridized carbons (Fsp3) is 0.250. The van der Waals surface area contributed by atoms with Crippen LogP contribution in [-0.4, -0.2) is 18.1 Å². The van der Waals surface area contributed by atoms with Crippen LogP contribution in [0.1, 0.15) is 11.6 Å². The van der Waals surface area contributed by atoms with Gasteiger partial charge in [0.2, 0.25) is 5.91 Å². The van der Waals surface area contributed by atoms with Crippen molar-refractivity contribution in [1.29, 1.82) is 5.26 Å². The predicted octanol–water partition coefficient (Wildman–Crippen LogP) is -2.12. The first-order chi connectivity index (χ1) is 8.65. The van der Waals surface area contributed by atoms with Gasteiger partial charge in [0.25, 0.3) is 0 Å². The summed E-state index contributed by atoms with van der Waals surface area (Å²) in [6.45, 7) is 0. The van der Waals surface area contributed by atoms with Crippen LogP contribution in [0.5, 0.6) is 5.75 Å². The van der Waals surface area contributed by atoms with Gasteiger partial charge in [-0.3, -0.25) is 4.79 Å². The summed E-state index contributed by atoms with van der Waals surface area (Å²) in [7, 11) is 1.56. The van der Waals surface area contributed by atoms with Crippen molar-refractivity contribution in [3.8, 4) is 11.8 Å². The van der Waals surface area contributed by atoms with E-state index < -0.39 is 12.0 Å². The number of ether oxygens (including phenoxy) is 1. The molecular formula is C12H11KN3O2S+. The topological polar surface area (TPSA) is 74.2 Å². The van der Waals surface area contributed by atoms with Crippen molar-refractivity contribution in [3.63, 3.8) is 0 Å². The number of methoxy groups -OCH3 is 1. The number of benzene rings is 1. The van der Waals surface area contributed by atoms with Gasteiger partial charge in [-0.1, -0.05) is 12.1 Å². The molecule has 1 heterocycles. The van der Waals surface area contributed by atoms with E-state index in [1.807, 2.05) is 12.1 Å². The molecule has 7 heteroatoms. The van der Waals surface area contributed by atoms with E-state index in [1.165, 1.54) is 0 Å². The summed E-state index contributed by atoms with van der Waals surface area (Å²) in [6, 6.07) is 8.74. The van der Waals surface area contributed by atoms with E-state index in [9.17, 15) is 4.79 Å². The Kier molecular flexibility index (Phi) is 6.39. The van der Waals surface area contributed by atoms with Crippen molar-refractivity contribution in [2.75, 3.05) is 7.11 Å². The van der Waals surface area contributed by atoms with E-state index >= 15 is 0 Å². The van der Waals surface area contributed by atoms with Gasteiger partial charge < -0.3 is 15.4 Å². The van der Waals surface area contributed by atoms with Gasteiger partial charge in [-0.05, 0) is 29.9 Å². The number of carbonyl (C=O) groups excluding carboxylic acids is 1. The van der Waals surface area contributed by atoms with Crippen LogP contribution in [0, 0.1) is 17.2 Å². The molecule has 2 atom stereocenters. The van der Waals surface area contributed by atoms with Crippen LogP contribution >= 0.6 is 12.2 Å². The van der Waals surface area contributed by atoms with Crippen LogP contribution in [0.2, 0.25) is 0 Å². The third kappa shape index (κ3) is 3.75. The largest absolute Gasteiger partial charge is 1.00 e. The summed E-state index contributed by atoms with van der Waals surface area (Å²) in [6.07, 6.45) is 0. The summed E-state index contributed by atoms with van der Waals surface area (Å²) < 4.78 is 5.12. The van der Waals surface area contributed by atoms with E-state index in [0.717, 1.165) is 5.56 Å². The quantitative estimate of drug-likeness (QED) is 0.483. The molecule has 2 unspecified atom stereocenters. The molecule has 19 heavy (non-hydrogen) atoms. The van der Waals surface area contributed by atoms with Crippen LogP contribution in [-0.2, 0) is 4.79 Å². The Morgan fingerprint density at radius 3 is 2.84 bits per heavy atom. The number of carbonyl (C=O) groups is 1. The zero-order chi connectivity index (χ0) is 13.1. The molecular weight excluding hydrogens is 289 g/mol. The maximum absolute atomic E-state index is 11.7. The Hall–Kier alpha value is -0.494. The maximum atomic E-state index is 11.7. The normalized spacial score (nSPS) is 21.5. The van der Waals surface area contributed by atoms with E-state index in [-0.39, 0.29) is 62.4 Å². The van der Waals surface area contributed by atoms with Crippen LogP contribution in [0.15, 0.2) is 24.3 Å². The minimum atomic E-state index is -0.816. The minimum Gasteiger partial charge on any atom is -0.497 e. The first kappa shape index (κ1) is 16.6. The number of amides is 1. The third-order valence-corrected chi connectivity index (χ3v) is 2.95. The molecule has 0 saturated carbocycles. The van der Waals surface area contributed by atoms with Crippen molar-refractivity contribution in [2.24, 2.45) is 5.92 Å². The Bertz CT molecular complexity index is 544. The average Bonchev–Trinajstić information content (AvgIpc) is 2.38. The Morgan fingerprint density at radius 1 is 1.47 bits per heavy atom. The molecule has 2 N–H and O–H groups in total. The molecule has 1 aliphatic rings. The SMILES string of the molecule is COc1cccc(C2NC(=S)NC(=O)C2C#N)c1.[K+]. The van der Waals surface area contributed by atoms with Gasteiger partial charge in [0.05, 0.1) is 19.2 Å². The molecule has 1 saturated heterocycles. The summed E-state index contributed by atoms with van der Waals surface area (Å²) in [5, 5.41) is 14.7. The number of hydrogen-bond donors (Lipinski definition) is 2. The van der Waals surface area contributed by atoms with Gasteiger partial charge in [0.1, 0.15) is 11.7 Å². The second-order valence-electron chi connectivity index (χ2n) is 3.82. The maximum Gasteiger partial charge on any atom is 1.00 e. The molecule has 0 bridgehead atoms. The number of rotatable bonds is 2. The summed E-state index contributed by atoms with van der Waals surface area (Å²) in [4.78, 5) is 11.7. The number of hydrogen-bond acceptors (Lipinski definition) is 4. The molecule has 1 aromatic carbocycles. The molecule has 0 aliphatic carbocycles. The van der Waals surface area contributed by atoms with Crippen LogP contribution in [0.25, 0.3) is 0 Å². The number of nitriles is 1. The molecule has 0 radical (unpaired) electrons. The van der Waals surface area contributed by atoms with Crippen molar-refractivity contribution in [3.05, 3.63) is 29.8 Å². The molecule has 0 spiro atoms. The van der Waals surface area contributed by atoms with Crippen molar-refractivity contribution < 1.29 is 60.9 Å². The minimum absolute atomic E-state index is 0. The summed E-state index contributed by atoms with van der Waals surface area (Å²) >= 11 is 4.94. The van der Waals surface area contributed by atoms with Gasteiger partial charge in [-0.2, -0.15) is 5.26 Å². The number of nitrogens with one attached hydrogen (secondary N) is 2. The van der Waals surface area contributed by atoms with Gasteiger partial charge in [-0.25, -0.2) is 0 Å². The molecule has 5 nitrogen and oxygen atoms in total. The first-order valence-electron chi connectivity index (χ1n) is 5.30. The monoisotopic (exact) mass is 300 g/mol. The molecule has 0 aromatic heterocycles. The summed E-state index contributed by atoms with van der Waals surface area (Å²) in [5.41, 5.74) is 0.790. The standard InChI is InChI=1S/C12H11N3O2S.K/c1-17-8-4-2-3-7(5-8)10-9(6-13)11(16)15-12(18)14-10;/h2-5,9-10H,1H3,(H2,14,15,16,18);/q;+1. The zero-order valence-corrected chi connectivity index (χ0v) is 14.6. The van der Waals surface area contributed by atoms with Crippen LogP contribution < -0.4 is 66.8 Å². The van der Waals surface area contributed by atoms with Crippen molar-refractivity contribution in [2.45, 2.75) is 6.04 Å². The number of nitrogens with zero attached hydrogens (tertiary/aromatic N) is 1. The first-order valence-corrected chi connectivity index (χ1v) is 5.71. The van der Waals surface area contributed by atoms with Gasteiger partial charge in [0.15, 0.2) is 5.11 Å². The van der Waals surface area contributed by atoms with E-state index in [4.69, 9.17) is 22.2 Å². The number of thiocarbonyl (C=S) groups is 1. The van der Waals surface area contributed by atoms with Crippen molar-refractivity contribution in [1.82, 2.24) is 10.6 Å². The molecule has 1 amide bonds. The predicted molar refractivity (Wildman–Crippen MR) is 68.7 cm³/mol. The Labute approximate surface area is 159 Å². The summed E-state index contributed by atoms with van der Waals surface area (Å²) in [5.74, 6) is -0.527. The van der Waals surface area contributed by atoms with E-state index in [1.54, 1.807) is 25.3 Å². The Morgan fingerprint density at radius 2 is 2.21 bits per heavy atom. The van der Waals surface area contributed by atoms with E-state index in [2.05, 4.69) is 10.6 Å². The molecule has 1 aromatic rings. The average molecular weight is 300 g/mol. The second kappa shape index (κ2) is 7.33. The van der Waals surface area contributed by atoms with Gasteiger partial charge in [-0.15, -0.1) is 0 Å². The molecule has 92 valence electrons.